The van der Waals surface area contributed by atoms with Gasteiger partial charge in [0.05, 0.1) is 0 Å². The molecule has 4 nitrogen and oxygen atoms in total. The second-order valence-electron chi connectivity index (χ2n) is 5.74. The highest BCUT2D eigenvalue weighted by atomic mass is 35.5. The first-order valence-electron chi connectivity index (χ1n) is 7.21. The molecule has 1 aliphatic rings. The summed E-state index contributed by atoms with van der Waals surface area (Å²) in [6.07, 6.45) is 0. The largest absolute Gasteiger partial charge is 0.329 e. The zero-order chi connectivity index (χ0) is 15.7. The number of amides is 2. The number of piperazine rings is 1. The Bertz CT molecular complexity index is 571. The van der Waals surface area contributed by atoms with E-state index in [2.05, 4.69) is 0 Å². The van der Waals surface area contributed by atoms with Gasteiger partial charge in [-0.3, -0.25) is 9.59 Å². The van der Waals surface area contributed by atoms with Crippen molar-refractivity contribution in [3.63, 3.8) is 0 Å². The van der Waals surface area contributed by atoms with E-state index in [4.69, 9.17) is 11.6 Å². The van der Waals surface area contributed by atoms with Gasteiger partial charge in [0.2, 0.25) is 11.8 Å². The molecule has 1 saturated heterocycles. The molecule has 0 unspecified atom stereocenters. The maximum Gasteiger partial charge on any atom is 0.249 e. The molecule has 1 aliphatic heterocycles. The van der Waals surface area contributed by atoms with Gasteiger partial charge in [0.25, 0.3) is 0 Å². The maximum atomic E-state index is 12.6. The zero-order valence-corrected chi connectivity index (χ0v) is 13.6. The Labute approximate surface area is 130 Å². The van der Waals surface area contributed by atoms with Gasteiger partial charge in [-0.2, -0.15) is 0 Å². The van der Waals surface area contributed by atoms with Crippen LogP contribution in [0.1, 0.15) is 26.3 Å². The Morgan fingerprint density at radius 1 is 1.33 bits per heavy atom. The number of anilines is 1. The van der Waals surface area contributed by atoms with E-state index in [-0.39, 0.29) is 17.7 Å². The summed E-state index contributed by atoms with van der Waals surface area (Å²) in [6.45, 7) is 8.45. The number of rotatable bonds is 2. The molecule has 21 heavy (non-hydrogen) atoms. The van der Waals surface area contributed by atoms with Gasteiger partial charge in [0, 0.05) is 29.7 Å². The number of carbonyl (C=O) groups is 2. The predicted molar refractivity (Wildman–Crippen MR) is 84.6 cm³/mol. The number of hydrogen-bond acceptors (Lipinski definition) is 2. The number of nitrogens with zero attached hydrogens (tertiary/aromatic N) is 2. The van der Waals surface area contributed by atoms with Crippen LogP contribution in [0, 0.1) is 12.8 Å². The summed E-state index contributed by atoms with van der Waals surface area (Å²) in [4.78, 5) is 28.2. The molecule has 0 radical (unpaired) electrons. The molecule has 1 aromatic carbocycles. The molecule has 0 aliphatic carbocycles. The van der Waals surface area contributed by atoms with E-state index in [0.717, 1.165) is 11.3 Å². The molecule has 0 N–H and O–H groups in total. The summed E-state index contributed by atoms with van der Waals surface area (Å²) < 4.78 is 0. The third-order valence-corrected chi connectivity index (χ3v) is 4.37. The molecule has 1 heterocycles. The third kappa shape index (κ3) is 2.91. The normalized spacial score (nSPS) is 19.3. The highest BCUT2D eigenvalue weighted by Gasteiger charge is 2.36. The van der Waals surface area contributed by atoms with Crippen LogP contribution >= 0.6 is 11.6 Å². The average Bonchev–Trinajstić information content (AvgIpc) is 2.44. The van der Waals surface area contributed by atoms with E-state index in [1.165, 1.54) is 0 Å². The van der Waals surface area contributed by atoms with Crippen LogP contribution in [0.4, 0.5) is 5.69 Å². The smallest absolute Gasteiger partial charge is 0.249 e. The van der Waals surface area contributed by atoms with E-state index >= 15 is 0 Å². The molecule has 5 heteroatoms. The van der Waals surface area contributed by atoms with Crippen LogP contribution in [-0.2, 0) is 9.59 Å². The second kappa shape index (κ2) is 6.06. The van der Waals surface area contributed by atoms with E-state index in [0.29, 0.717) is 18.1 Å². The summed E-state index contributed by atoms with van der Waals surface area (Å²) in [5.74, 6) is -0.126. The van der Waals surface area contributed by atoms with Gasteiger partial charge in [-0.15, -0.1) is 0 Å². The van der Waals surface area contributed by atoms with Crippen LogP contribution in [0.2, 0.25) is 5.02 Å². The van der Waals surface area contributed by atoms with Gasteiger partial charge in [-0.25, -0.2) is 0 Å². The molecule has 0 aromatic heterocycles. The fraction of sp³-hybridized carbons (Fsp3) is 0.500. The maximum absolute atomic E-state index is 12.6. The molecule has 1 fully saturated rings. The van der Waals surface area contributed by atoms with Crippen molar-refractivity contribution in [2.45, 2.75) is 33.7 Å². The van der Waals surface area contributed by atoms with Gasteiger partial charge in [0.15, 0.2) is 0 Å². The molecule has 2 amide bonds. The monoisotopic (exact) mass is 308 g/mol. The molecule has 0 bridgehead atoms. The minimum atomic E-state index is -0.438. The van der Waals surface area contributed by atoms with Crippen molar-refractivity contribution in [1.29, 1.82) is 0 Å². The lowest BCUT2D eigenvalue weighted by Gasteiger charge is -2.40. The van der Waals surface area contributed by atoms with E-state index in [9.17, 15) is 9.59 Å². The lowest BCUT2D eigenvalue weighted by atomic mass is 10.1. The highest BCUT2D eigenvalue weighted by Crippen LogP contribution is 2.29. The lowest BCUT2D eigenvalue weighted by Crippen LogP contribution is -2.58. The SMILES string of the molecule is Cc1c(Cl)cccc1N1CCN(C(=O)C(C)C)[C@@H](C)C1=O. The van der Waals surface area contributed by atoms with Gasteiger partial charge >= 0.3 is 0 Å². The van der Waals surface area contributed by atoms with Gasteiger partial charge < -0.3 is 9.80 Å². The predicted octanol–water partition coefficient (Wildman–Crippen LogP) is 2.87. The van der Waals surface area contributed by atoms with Crippen molar-refractivity contribution in [2.24, 2.45) is 5.92 Å². The van der Waals surface area contributed by atoms with Crippen LogP contribution in [0.3, 0.4) is 0 Å². The zero-order valence-electron chi connectivity index (χ0n) is 12.9. The van der Waals surface area contributed by atoms with Gasteiger partial charge in [-0.1, -0.05) is 31.5 Å². The summed E-state index contributed by atoms with van der Waals surface area (Å²) in [6, 6.07) is 5.11. The van der Waals surface area contributed by atoms with Crippen LogP contribution in [0.5, 0.6) is 0 Å². The molecular weight excluding hydrogens is 288 g/mol. The highest BCUT2D eigenvalue weighted by molar-refractivity contribution is 6.31. The molecule has 1 atom stereocenters. The van der Waals surface area contributed by atoms with E-state index in [1.807, 2.05) is 39.0 Å². The Morgan fingerprint density at radius 2 is 2.00 bits per heavy atom. The minimum absolute atomic E-state index is 0.0262. The molecule has 0 spiro atoms. The Kier molecular flexibility index (Phi) is 4.57. The van der Waals surface area contributed by atoms with Crippen molar-refractivity contribution < 1.29 is 9.59 Å². The lowest BCUT2D eigenvalue weighted by molar-refractivity contribution is -0.143. The summed E-state index contributed by atoms with van der Waals surface area (Å²) in [5, 5.41) is 0.647. The van der Waals surface area contributed by atoms with Crippen molar-refractivity contribution in [1.82, 2.24) is 4.90 Å². The van der Waals surface area contributed by atoms with Crippen LogP contribution in [0.15, 0.2) is 18.2 Å². The van der Waals surface area contributed by atoms with E-state index < -0.39 is 6.04 Å². The van der Waals surface area contributed by atoms with Crippen molar-refractivity contribution in [2.75, 3.05) is 18.0 Å². The molecule has 114 valence electrons. The minimum Gasteiger partial charge on any atom is -0.329 e. The summed E-state index contributed by atoms with van der Waals surface area (Å²) in [7, 11) is 0. The molecular formula is C16H21ClN2O2. The average molecular weight is 309 g/mol. The summed E-state index contributed by atoms with van der Waals surface area (Å²) in [5.41, 5.74) is 1.72. The van der Waals surface area contributed by atoms with Crippen molar-refractivity contribution in [3.8, 4) is 0 Å². The second-order valence-corrected chi connectivity index (χ2v) is 6.14. The standard InChI is InChI=1S/C16H21ClN2O2/c1-10(2)15(20)18-8-9-19(16(21)12(18)4)14-7-5-6-13(17)11(14)3/h5-7,10,12H,8-9H2,1-4H3/t12-/m0/s1. The van der Waals surface area contributed by atoms with Crippen molar-refractivity contribution in [3.05, 3.63) is 28.8 Å². The molecule has 2 rings (SSSR count). The first kappa shape index (κ1) is 15.8. The Hall–Kier alpha value is -1.55. The van der Waals surface area contributed by atoms with Crippen molar-refractivity contribution >= 4 is 29.1 Å². The van der Waals surface area contributed by atoms with Gasteiger partial charge in [0.1, 0.15) is 6.04 Å². The first-order chi connectivity index (χ1) is 9.84. The summed E-state index contributed by atoms with van der Waals surface area (Å²) >= 11 is 6.14. The number of halogens is 1. The number of carbonyl (C=O) groups excluding carboxylic acids is 2. The Morgan fingerprint density at radius 3 is 2.62 bits per heavy atom. The number of benzene rings is 1. The van der Waals surface area contributed by atoms with Gasteiger partial charge in [-0.05, 0) is 31.5 Å². The molecule has 1 aromatic rings. The number of hydrogen-bond donors (Lipinski definition) is 0. The van der Waals surface area contributed by atoms with Crippen LogP contribution < -0.4 is 4.90 Å². The fourth-order valence-electron chi connectivity index (χ4n) is 2.63. The first-order valence-corrected chi connectivity index (χ1v) is 7.59. The fourth-order valence-corrected chi connectivity index (χ4v) is 2.80. The topological polar surface area (TPSA) is 40.6 Å². The Balaban J connectivity index is 2.26. The quantitative estimate of drug-likeness (QED) is 0.843. The van der Waals surface area contributed by atoms with Crippen LogP contribution in [-0.4, -0.2) is 35.8 Å². The van der Waals surface area contributed by atoms with E-state index in [1.54, 1.807) is 16.7 Å². The van der Waals surface area contributed by atoms with Crippen LogP contribution in [0.25, 0.3) is 0 Å². The molecule has 0 saturated carbocycles. The third-order valence-electron chi connectivity index (χ3n) is 3.96.